The molecule has 0 aliphatic rings. The highest BCUT2D eigenvalue weighted by molar-refractivity contribution is 7.99. The molecule has 21 heavy (non-hydrogen) atoms. The molecule has 2 aromatic rings. The van der Waals surface area contributed by atoms with Crippen molar-refractivity contribution in [2.24, 2.45) is 0 Å². The minimum Gasteiger partial charge on any atom is -0.313 e. The van der Waals surface area contributed by atoms with Gasteiger partial charge in [0.2, 0.25) is 0 Å². The molecule has 1 unspecified atom stereocenters. The van der Waals surface area contributed by atoms with Crippen LogP contribution in [-0.4, -0.2) is 21.8 Å². The Hall–Kier alpha value is -1.60. The van der Waals surface area contributed by atoms with Crippen molar-refractivity contribution in [1.29, 1.82) is 0 Å². The van der Waals surface area contributed by atoms with Crippen LogP contribution in [0, 0.1) is 5.82 Å². The number of hydrogen-bond donors (Lipinski definition) is 2. The SMILES string of the molecule is CNC(C)c1c(F)cccc1Sc1n[nH]c(=O)n1C(C)C. The molecule has 2 rings (SSSR count). The Morgan fingerprint density at radius 2 is 2.10 bits per heavy atom. The normalized spacial score (nSPS) is 12.9. The summed E-state index contributed by atoms with van der Waals surface area (Å²) in [5, 5.41) is 10.1. The van der Waals surface area contributed by atoms with Crippen LogP contribution in [0.1, 0.15) is 38.4 Å². The average Bonchev–Trinajstić information content (AvgIpc) is 2.79. The van der Waals surface area contributed by atoms with Gasteiger partial charge in [-0.1, -0.05) is 6.07 Å². The van der Waals surface area contributed by atoms with Gasteiger partial charge in [-0.3, -0.25) is 4.57 Å². The maximum Gasteiger partial charge on any atom is 0.344 e. The van der Waals surface area contributed by atoms with Crippen LogP contribution in [0.4, 0.5) is 4.39 Å². The zero-order chi connectivity index (χ0) is 15.6. The number of nitrogens with one attached hydrogen (secondary N) is 2. The number of benzene rings is 1. The fourth-order valence-electron chi connectivity index (χ4n) is 2.09. The zero-order valence-corrected chi connectivity index (χ0v) is 13.3. The van der Waals surface area contributed by atoms with E-state index in [1.807, 2.05) is 26.8 Å². The molecule has 1 atom stereocenters. The maximum atomic E-state index is 14.1. The molecule has 0 amide bonds. The van der Waals surface area contributed by atoms with Crippen molar-refractivity contribution in [1.82, 2.24) is 20.1 Å². The van der Waals surface area contributed by atoms with E-state index in [0.717, 1.165) is 4.90 Å². The van der Waals surface area contributed by atoms with Crippen LogP contribution in [0.3, 0.4) is 0 Å². The van der Waals surface area contributed by atoms with Gasteiger partial charge in [-0.15, -0.1) is 5.10 Å². The van der Waals surface area contributed by atoms with E-state index in [4.69, 9.17) is 0 Å². The van der Waals surface area contributed by atoms with Gasteiger partial charge < -0.3 is 5.32 Å². The van der Waals surface area contributed by atoms with E-state index in [2.05, 4.69) is 15.5 Å². The summed E-state index contributed by atoms with van der Waals surface area (Å²) in [6.07, 6.45) is 0. The minimum atomic E-state index is -0.268. The minimum absolute atomic E-state index is 0.0162. The van der Waals surface area contributed by atoms with Gasteiger partial charge in [0, 0.05) is 22.5 Å². The standard InChI is InChI=1S/C14H19FN4OS/c1-8(2)19-13(20)17-18-14(19)21-11-7-5-6-10(15)12(11)9(3)16-4/h5-9,16H,1-4H3,(H,17,20). The fraction of sp³-hybridized carbons (Fsp3) is 0.429. The molecule has 0 saturated heterocycles. The third kappa shape index (κ3) is 3.19. The number of nitrogens with zero attached hydrogens (tertiary/aromatic N) is 2. The molecule has 1 aromatic carbocycles. The Labute approximate surface area is 127 Å². The van der Waals surface area contributed by atoms with E-state index in [1.54, 1.807) is 17.7 Å². The molecule has 0 fully saturated rings. The van der Waals surface area contributed by atoms with E-state index < -0.39 is 0 Å². The Kier molecular flexibility index (Phi) is 4.84. The monoisotopic (exact) mass is 310 g/mol. The van der Waals surface area contributed by atoms with Crippen LogP contribution in [0.5, 0.6) is 0 Å². The highest BCUT2D eigenvalue weighted by Crippen LogP contribution is 2.33. The molecule has 7 heteroatoms. The number of aromatic nitrogens is 3. The topological polar surface area (TPSA) is 62.7 Å². The number of hydrogen-bond acceptors (Lipinski definition) is 4. The second kappa shape index (κ2) is 6.44. The molecule has 0 saturated carbocycles. The van der Waals surface area contributed by atoms with E-state index in [9.17, 15) is 9.18 Å². The smallest absolute Gasteiger partial charge is 0.313 e. The Balaban J connectivity index is 2.46. The summed E-state index contributed by atoms with van der Waals surface area (Å²) in [5.74, 6) is -0.268. The van der Waals surface area contributed by atoms with Crippen LogP contribution in [0.25, 0.3) is 0 Å². The quantitative estimate of drug-likeness (QED) is 0.891. The van der Waals surface area contributed by atoms with Crippen LogP contribution in [0.2, 0.25) is 0 Å². The van der Waals surface area contributed by atoms with Crippen LogP contribution < -0.4 is 11.0 Å². The first-order chi connectivity index (χ1) is 9.95. The largest absolute Gasteiger partial charge is 0.344 e. The lowest BCUT2D eigenvalue weighted by molar-refractivity contribution is 0.532. The number of aromatic amines is 1. The summed E-state index contributed by atoms with van der Waals surface area (Å²) in [6, 6.07) is 4.78. The molecular weight excluding hydrogens is 291 g/mol. The van der Waals surface area contributed by atoms with Gasteiger partial charge >= 0.3 is 5.69 Å². The van der Waals surface area contributed by atoms with E-state index in [0.29, 0.717) is 10.7 Å². The maximum absolute atomic E-state index is 14.1. The number of halogens is 1. The van der Waals surface area contributed by atoms with Crippen LogP contribution in [0.15, 0.2) is 33.0 Å². The van der Waals surface area contributed by atoms with E-state index in [-0.39, 0.29) is 23.6 Å². The summed E-state index contributed by atoms with van der Waals surface area (Å²) in [5.41, 5.74) is 0.322. The molecule has 1 heterocycles. The second-order valence-corrected chi connectivity index (χ2v) is 6.05. The predicted octanol–water partition coefficient (Wildman–Crippen LogP) is 2.72. The molecule has 0 spiro atoms. The Morgan fingerprint density at radius 1 is 1.38 bits per heavy atom. The molecule has 0 bridgehead atoms. The molecule has 0 aliphatic heterocycles. The summed E-state index contributed by atoms with van der Waals surface area (Å²) in [4.78, 5) is 12.5. The summed E-state index contributed by atoms with van der Waals surface area (Å²) in [7, 11) is 1.78. The first kappa shape index (κ1) is 15.8. The first-order valence-corrected chi connectivity index (χ1v) is 7.57. The lowest BCUT2D eigenvalue weighted by atomic mass is 10.1. The first-order valence-electron chi connectivity index (χ1n) is 6.76. The second-order valence-electron chi connectivity index (χ2n) is 5.04. The molecule has 0 radical (unpaired) electrons. The van der Waals surface area contributed by atoms with Crippen LogP contribution >= 0.6 is 11.8 Å². The van der Waals surface area contributed by atoms with Crippen molar-refractivity contribution in [2.45, 2.75) is 42.9 Å². The van der Waals surface area contributed by atoms with Gasteiger partial charge in [0.15, 0.2) is 5.16 Å². The van der Waals surface area contributed by atoms with Crippen molar-refractivity contribution in [2.75, 3.05) is 7.05 Å². The summed E-state index contributed by atoms with van der Waals surface area (Å²) in [6.45, 7) is 5.70. The molecule has 114 valence electrons. The van der Waals surface area contributed by atoms with Gasteiger partial charge in [-0.05, 0) is 51.7 Å². The van der Waals surface area contributed by atoms with Gasteiger partial charge in [0.1, 0.15) is 5.82 Å². The van der Waals surface area contributed by atoms with Crippen molar-refractivity contribution < 1.29 is 4.39 Å². The van der Waals surface area contributed by atoms with E-state index in [1.165, 1.54) is 17.8 Å². The number of rotatable bonds is 5. The molecule has 2 N–H and O–H groups in total. The van der Waals surface area contributed by atoms with Gasteiger partial charge in [-0.25, -0.2) is 14.3 Å². The summed E-state index contributed by atoms with van der Waals surface area (Å²) >= 11 is 1.29. The predicted molar refractivity (Wildman–Crippen MR) is 81.2 cm³/mol. The van der Waals surface area contributed by atoms with E-state index >= 15 is 0 Å². The zero-order valence-electron chi connectivity index (χ0n) is 12.5. The lowest BCUT2D eigenvalue weighted by Crippen LogP contribution is -2.19. The highest BCUT2D eigenvalue weighted by atomic mass is 32.2. The van der Waals surface area contributed by atoms with Crippen molar-refractivity contribution in [3.8, 4) is 0 Å². The number of H-pyrrole nitrogens is 1. The highest BCUT2D eigenvalue weighted by Gasteiger charge is 2.19. The molecular formula is C14H19FN4OS. The molecule has 1 aromatic heterocycles. The molecule has 0 aliphatic carbocycles. The fourth-order valence-corrected chi connectivity index (χ4v) is 3.30. The van der Waals surface area contributed by atoms with Gasteiger partial charge in [0.05, 0.1) is 0 Å². The molecule has 5 nitrogen and oxygen atoms in total. The Bertz CT molecular complexity index is 680. The van der Waals surface area contributed by atoms with Crippen molar-refractivity contribution in [3.63, 3.8) is 0 Å². The van der Waals surface area contributed by atoms with Crippen LogP contribution in [-0.2, 0) is 0 Å². The average molecular weight is 310 g/mol. The third-order valence-corrected chi connectivity index (χ3v) is 4.32. The van der Waals surface area contributed by atoms with Crippen molar-refractivity contribution >= 4 is 11.8 Å². The van der Waals surface area contributed by atoms with Gasteiger partial charge in [0.25, 0.3) is 0 Å². The lowest BCUT2D eigenvalue weighted by Gasteiger charge is -2.16. The van der Waals surface area contributed by atoms with Gasteiger partial charge in [-0.2, -0.15) is 0 Å². The Morgan fingerprint density at radius 3 is 2.71 bits per heavy atom. The van der Waals surface area contributed by atoms with Crippen molar-refractivity contribution in [3.05, 3.63) is 40.1 Å². The summed E-state index contributed by atoms with van der Waals surface area (Å²) < 4.78 is 15.7. The third-order valence-electron chi connectivity index (χ3n) is 3.27.